The SMILES string of the molecule is Cn1nnc2c1[C@H](COCC1CC1)CN(Cc1cccnc1)C2. The minimum Gasteiger partial charge on any atom is -0.380 e. The Morgan fingerprint density at radius 2 is 2.22 bits per heavy atom. The summed E-state index contributed by atoms with van der Waals surface area (Å²) >= 11 is 0. The normalized spacial score (nSPS) is 21.3. The molecular formula is C17H23N5O. The van der Waals surface area contributed by atoms with Gasteiger partial charge in [-0.2, -0.15) is 0 Å². The summed E-state index contributed by atoms with van der Waals surface area (Å²) in [6, 6.07) is 4.11. The summed E-state index contributed by atoms with van der Waals surface area (Å²) in [5.74, 6) is 1.14. The summed E-state index contributed by atoms with van der Waals surface area (Å²) in [5, 5.41) is 8.57. The van der Waals surface area contributed by atoms with E-state index in [0.29, 0.717) is 5.92 Å². The summed E-state index contributed by atoms with van der Waals surface area (Å²) in [6.07, 6.45) is 6.41. The fourth-order valence-corrected chi connectivity index (χ4v) is 3.36. The van der Waals surface area contributed by atoms with E-state index in [1.165, 1.54) is 24.1 Å². The van der Waals surface area contributed by atoms with Gasteiger partial charge in [0.1, 0.15) is 5.69 Å². The van der Waals surface area contributed by atoms with E-state index in [9.17, 15) is 0 Å². The van der Waals surface area contributed by atoms with Crippen LogP contribution in [0, 0.1) is 5.92 Å². The van der Waals surface area contributed by atoms with Crippen molar-refractivity contribution in [3.63, 3.8) is 0 Å². The Morgan fingerprint density at radius 1 is 1.30 bits per heavy atom. The molecule has 3 heterocycles. The van der Waals surface area contributed by atoms with Crippen LogP contribution in [0.2, 0.25) is 0 Å². The van der Waals surface area contributed by atoms with E-state index in [2.05, 4.69) is 26.3 Å². The Labute approximate surface area is 136 Å². The molecule has 1 fully saturated rings. The summed E-state index contributed by atoms with van der Waals surface area (Å²) in [7, 11) is 1.98. The molecule has 0 unspecified atom stereocenters. The molecule has 0 amide bonds. The average molecular weight is 313 g/mol. The Kier molecular flexibility index (Phi) is 4.10. The number of pyridine rings is 1. The minimum absolute atomic E-state index is 0.342. The van der Waals surface area contributed by atoms with Crippen LogP contribution in [0.5, 0.6) is 0 Å². The highest BCUT2D eigenvalue weighted by molar-refractivity contribution is 5.20. The number of ether oxygens (including phenoxy) is 1. The maximum Gasteiger partial charge on any atom is 0.100 e. The molecule has 1 saturated carbocycles. The highest BCUT2D eigenvalue weighted by Gasteiger charge is 2.31. The molecule has 1 aliphatic carbocycles. The van der Waals surface area contributed by atoms with Crippen LogP contribution in [0.15, 0.2) is 24.5 Å². The van der Waals surface area contributed by atoms with Crippen molar-refractivity contribution in [2.75, 3.05) is 19.8 Å². The van der Waals surface area contributed by atoms with Gasteiger partial charge in [0.15, 0.2) is 0 Å². The van der Waals surface area contributed by atoms with E-state index < -0.39 is 0 Å². The van der Waals surface area contributed by atoms with Gasteiger partial charge in [-0.3, -0.25) is 14.6 Å². The molecule has 2 aliphatic rings. The first-order valence-corrected chi connectivity index (χ1v) is 8.37. The Hall–Kier alpha value is -1.79. The van der Waals surface area contributed by atoms with Gasteiger partial charge in [0.2, 0.25) is 0 Å². The van der Waals surface area contributed by atoms with E-state index in [0.717, 1.165) is 44.5 Å². The summed E-state index contributed by atoms with van der Waals surface area (Å²) in [6.45, 7) is 4.38. The van der Waals surface area contributed by atoms with E-state index in [-0.39, 0.29) is 0 Å². The predicted molar refractivity (Wildman–Crippen MR) is 85.6 cm³/mol. The zero-order valence-electron chi connectivity index (χ0n) is 13.6. The lowest BCUT2D eigenvalue weighted by Gasteiger charge is -2.32. The standard InChI is InChI=1S/C17H23N5O/c1-21-17-15(12-23-11-13-4-5-13)9-22(10-16(17)19-20-21)8-14-3-2-6-18-7-14/h2-3,6-7,13,15H,4-5,8-12H2,1H3/t15-/m0/s1. The molecule has 0 saturated heterocycles. The van der Waals surface area contributed by atoms with Gasteiger partial charge in [-0.25, -0.2) is 0 Å². The molecule has 0 spiro atoms. The molecule has 6 nitrogen and oxygen atoms in total. The highest BCUT2D eigenvalue weighted by Crippen LogP contribution is 2.31. The molecule has 6 heteroatoms. The van der Waals surface area contributed by atoms with E-state index in [1.54, 1.807) is 0 Å². The predicted octanol–water partition coefficient (Wildman–Crippen LogP) is 1.74. The van der Waals surface area contributed by atoms with Crippen molar-refractivity contribution in [3.8, 4) is 0 Å². The molecule has 122 valence electrons. The van der Waals surface area contributed by atoms with Crippen LogP contribution in [0.3, 0.4) is 0 Å². The first-order valence-electron chi connectivity index (χ1n) is 8.37. The van der Waals surface area contributed by atoms with Crippen molar-refractivity contribution >= 4 is 0 Å². The van der Waals surface area contributed by atoms with Gasteiger partial charge in [0.05, 0.1) is 12.3 Å². The molecule has 2 aromatic rings. The Bertz CT molecular complexity index is 652. The lowest BCUT2D eigenvalue weighted by Crippen LogP contribution is -2.36. The zero-order chi connectivity index (χ0) is 15.6. The topological polar surface area (TPSA) is 56.1 Å². The average Bonchev–Trinajstić information content (AvgIpc) is 3.31. The van der Waals surface area contributed by atoms with E-state index in [4.69, 9.17) is 4.74 Å². The largest absolute Gasteiger partial charge is 0.380 e. The zero-order valence-corrected chi connectivity index (χ0v) is 13.6. The number of aromatic nitrogens is 4. The monoisotopic (exact) mass is 313 g/mol. The first kappa shape index (κ1) is 14.8. The molecule has 23 heavy (non-hydrogen) atoms. The molecule has 0 aromatic carbocycles. The summed E-state index contributed by atoms with van der Waals surface area (Å²) in [4.78, 5) is 6.63. The number of fused-ring (bicyclic) bond motifs is 1. The van der Waals surface area contributed by atoms with Crippen LogP contribution >= 0.6 is 0 Å². The quantitative estimate of drug-likeness (QED) is 0.813. The lowest BCUT2D eigenvalue weighted by molar-refractivity contribution is 0.0866. The second-order valence-corrected chi connectivity index (χ2v) is 6.75. The molecule has 1 atom stereocenters. The lowest BCUT2D eigenvalue weighted by atomic mass is 9.98. The van der Waals surface area contributed by atoms with Gasteiger partial charge in [-0.05, 0) is 30.4 Å². The van der Waals surface area contributed by atoms with Gasteiger partial charge in [-0.15, -0.1) is 5.10 Å². The molecule has 0 bridgehead atoms. The van der Waals surface area contributed by atoms with Gasteiger partial charge >= 0.3 is 0 Å². The van der Waals surface area contributed by atoms with Crippen molar-refractivity contribution in [1.82, 2.24) is 24.9 Å². The number of rotatable bonds is 6. The van der Waals surface area contributed by atoms with E-state index >= 15 is 0 Å². The third-order valence-electron chi connectivity index (χ3n) is 4.68. The van der Waals surface area contributed by atoms with Crippen molar-refractivity contribution < 1.29 is 4.74 Å². The van der Waals surface area contributed by atoms with Gasteiger partial charge in [0, 0.05) is 51.6 Å². The maximum absolute atomic E-state index is 5.97. The Balaban J connectivity index is 1.46. The molecule has 1 aliphatic heterocycles. The highest BCUT2D eigenvalue weighted by atomic mass is 16.5. The van der Waals surface area contributed by atoms with Crippen molar-refractivity contribution in [3.05, 3.63) is 41.5 Å². The van der Waals surface area contributed by atoms with Crippen LogP contribution in [-0.4, -0.2) is 44.6 Å². The molecule has 2 aromatic heterocycles. The van der Waals surface area contributed by atoms with Crippen LogP contribution < -0.4 is 0 Å². The fourth-order valence-electron chi connectivity index (χ4n) is 3.36. The summed E-state index contributed by atoms with van der Waals surface area (Å²) in [5.41, 5.74) is 3.56. The molecule has 4 rings (SSSR count). The van der Waals surface area contributed by atoms with Crippen LogP contribution in [-0.2, 0) is 24.9 Å². The third kappa shape index (κ3) is 3.43. The maximum atomic E-state index is 5.97. The molecule has 0 radical (unpaired) electrons. The van der Waals surface area contributed by atoms with Crippen molar-refractivity contribution in [1.29, 1.82) is 0 Å². The van der Waals surface area contributed by atoms with Crippen LogP contribution in [0.25, 0.3) is 0 Å². The van der Waals surface area contributed by atoms with Gasteiger partial charge in [-0.1, -0.05) is 11.3 Å². The van der Waals surface area contributed by atoms with Crippen LogP contribution in [0.4, 0.5) is 0 Å². The molecular weight excluding hydrogens is 290 g/mol. The minimum atomic E-state index is 0.342. The fraction of sp³-hybridized carbons (Fsp3) is 0.588. The smallest absolute Gasteiger partial charge is 0.100 e. The number of hydrogen-bond donors (Lipinski definition) is 0. The second-order valence-electron chi connectivity index (χ2n) is 6.75. The third-order valence-corrected chi connectivity index (χ3v) is 4.68. The van der Waals surface area contributed by atoms with Crippen molar-refractivity contribution in [2.45, 2.75) is 31.8 Å². The van der Waals surface area contributed by atoms with Crippen molar-refractivity contribution in [2.24, 2.45) is 13.0 Å². The number of hydrogen-bond acceptors (Lipinski definition) is 5. The first-order chi connectivity index (χ1) is 11.3. The summed E-state index contributed by atoms with van der Waals surface area (Å²) < 4.78 is 7.89. The molecule has 0 N–H and O–H groups in total. The van der Waals surface area contributed by atoms with Gasteiger partial charge < -0.3 is 4.74 Å². The van der Waals surface area contributed by atoms with Gasteiger partial charge in [0.25, 0.3) is 0 Å². The van der Waals surface area contributed by atoms with E-state index in [1.807, 2.05) is 30.2 Å². The second kappa shape index (κ2) is 6.37. The number of aryl methyl sites for hydroxylation is 1. The van der Waals surface area contributed by atoms with Crippen LogP contribution in [0.1, 0.15) is 35.7 Å². The Morgan fingerprint density at radius 3 is 3.00 bits per heavy atom. The number of nitrogens with zero attached hydrogens (tertiary/aromatic N) is 5.